The maximum Gasteiger partial charge on any atom is 0.0266 e. The Bertz CT molecular complexity index is 163. The standard InChI is InChI=1S/C8H11N/c1-8-6-4-2-3-5-7-9-8/h2-3,5,7H,4,6H2,1H3/b3-2-,7-5-,9-8?. The Balaban J connectivity index is 2.62. The number of aliphatic imine (C=N–C) groups is 1. The molecular weight excluding hydrogens is 110 g/mol. The molecular formula is C8H11N. The predicted octanol–water partition coefficient (Wildman–Crippen LogP) is 2.31. The zero-order valence-corrected chi connectivity index (χ0v) is 5.67. The Hall–Kier alpha value is -0.850. The van der Waals surface area contributed by atoms with Crippen LogP contribution in [-0.2, 0) is 0 Å². The molecule has 1 heterocycles. The van der Waals surface area contributed by atoms with Crippen molar-refractivity contribution in [1.29, 1.82) is 0 Å². The van der Waals surface area contributed by atoms with E-state index in [9.17, 15) is 0 Å². The number of allylic oxidation sites excluding steroid dienone is 3. The lowest BCUT2D eigenvalue weighted by Crippen LogP contribution is -1.88. The van der Waals surface area contributed by atoms with Gasteiger partial charge in [0.2, 0.25) is 0 Å². The molecule has 0 saturated carbocycles. The molecule has 0 aromatic rings. The highest BCUT2D eigenvalue weighted by atomic mass is 14.7. The van der Waals surface area contributed by atoms with Crippen LogP contribution >= 0.6 is 0 Å². The molecule has 0 saturated heterocycles. The molecule has 0 aliphatic carbocycles. The van der Waals surface area contributed by atoms with Crippen molar-refractivity contribution in [3.8, 4) is 0 Å². The number of hydrogen-bond donors (Lipinski definition) is 0. The lowest BCUT2D eigenvalue weighted by molar-refractivity contribution is 1.08. The minimum atomic E-state index is 1.10. The second-order valence-electron chi connectivity index (χ2n) is 2.17. The molecule has 0 spiro atoms. The van der Waals surface area contributed by atoms with Gasteiger partial charge in [0.25, 0.3) is 0 Å². The first kappa shape index (κ1) is 6.27. The molecule has 0 unspecified atom stereocenters. The van der Waals surface area contributed by atoms with E-state index in [0.717, 1.165) is 12.8 Å². The molecule has 0 amide bonds. The largest absolute Gasteiger partial charge is 0.266 e. The van der Waals surface area contributed by atoms with Crippen molar-refractivity contribution in [3.05, 3.63) is 24.4 Å². The van der Waals surface area contributed by atoms with Crippen molar-refractivity contribution in [2.75, 3.05) is 0 Å². The van der Waals surface area contributed by atoms with Gasteiger partial charge in [0.1, 0.15) is 0 Å². The second kappa shape index (κ2) is 3.23. The molecule has 1 aliphatic rings. The fourth-order valence-corrected chi connectivity index (χ4v) is 0.752. The van der Waals surface area contributed by atoms with Crippen LogP contribution in [0.1, 0.15) is 19.8 Å². The zero-order chi connectivity index (χ0) is 6.53. The highest BCUT2D eigenvalue weighted by Crippen LogP contribution is 1.98. The van der Waals surface area contributed by atoms with E-state index < -0.39 is 0 Å². The normalized spacial score (nSPS) is 25.7. The predicted molar refractivity (Wildman–Crippen MR) is 40.6 cm³/mol. The van der Waals surface area contributed by atoms with Crippen LogP contribution < -0.4 is 0 Å². The Morgan fingerprint density at radius 3 is 3.22 bits per heavy atom. The lowest BCUT2D eigenvalue weighted by atomic mass is 10.2. The molecule has 48 valence electrons. The van der Waals surface area contributed by atoms with Crippen molar-refractivity contribution in [3.63, 3.8) is 0 Å². The Morgan fingerprint density at radius 2 is 2.33 bits per heavy atom. The van der Waals surface area contributed by atoms with Crippen LogP contribution in [0.2, 0.25) is 0 Å². The molecule has 0 aromatic carbocycles. The van der Waals surface area contributed by atoms with Gasteiger partial charge in [0, 0.05) is 11.9 Å². The van der Waals surface area contributed by atoms with Crippen LogP contribution in [0.4, 0.5) is 0 Å². The van der Waals surface area contributed by atoms with E-state index in [1.165, 1.54) is 5.71 Å². The molecule has 9 heavy (non-hydrogen) atoms. The fourth-order valence-electron chi connectivity index (χ4n) is 0.752. The molecule has 1 heteroatoms. The van der Waals surface area contributed by atoms with Gasteiger partial charge in [-0.05, 0) is 25.8 Å². The monoisotopic (exact) mass is 121 g/mol. The molecule has 0 atom stereocenters. The summed E-state index contributed by atoms with van der Waals surface area (Å²) in [5, 5.41) is 0. The third-order valence-corrected chi connectivity index (χ3v) is 1.30. The SMILES string of the molecule is CC1=N/C=C\C=C/CC1. The van der Waals surface area contributed by atoms with Gasteiger partial charge in [-0.1, -0.05) is 12.2 Å². The van der Waals surface area contributed by atoms with Crippen molar-refractivity contribution >= 4 is 5.71 Å². The minimum absolute atomic E-state index is 1.10. The van der Waals surface area contributed by atoms with Crippen molar-refractivity contribution < 1.29 is 0 Å². The Morgan fingerprint density at radius 1 is 1.44 bits per heavy atom. The summed E-state index contributed by atoms with van der Waals surface area (Å²) in [5.41, 5.74) is 1.22. The topological polar surface area (TPSA) is 12.4 Å². The first-order valence-corrected chi connectivity index (χ1v) is 3.24. The van der Waals surface area contributed by atoms with Gasteiger partial charge in [-0.3, -0.25) is 4.99 Å². The summed E-state index contributed by atoms with van der Waals surface area (Å²) in [4.78, 5) is 4.17. The van der Waals surface area contributed by atoms with Gasteiger partial charge in [-0.2, -0.15) is 0 Å². The maximum absolute atomic E-state index is 4.17. The van der Waals surface area contributed by atoms with Gasteiger partial charge < -0.3 is 0 Å². The van der Waals surface area contributed by atoms with Crippen LogP contribution in [-0.4, -0.2) is 5.71 Å². The molecule has 0 fully saturated rings. The summed E-state index contributed by atoms with van der Waals surface area (Å²) >= 11 is 0. The molecule has 0 radical (unpaired) electrons. The fraction of sp³-hybridized carbons (Fsp3) is 0.375. The second-order valence-corrected chi connectivity index (χ2v) is 2.17. The van der Waals surface area contributed by atoms with Crippen molar-refractivity contribution in [2.45, 2.75) is 19.8 Å². The van der Waals surface area contributed by atoms with Gasteiger partial charge >= 0.3 is 0 Å². The van der Waals surface area contributed by atoms with E-state index in [1.54, 1.807) is 0 Å². The maximum atomic E-state index is 4.17. The van der Waals surface area contributed by atoms with Gasteiger partial charge in [0.15, 0.2) is 0 Å². The quantitative estimate of drug-likeness (QED) is 0.466. The molecule has 1 rings (SSSR count). The van der Waals surface area contributed by atoms with E-state index >= 15 is 0 Å². The third-order valence-electron chi connectivity index (χ3n) is 1.30. The van der Waals surface area contributed by atoms with Crippen LogP contribution in [0.5, 0.6) is 0 Å². The number of hydrogen-bond acceptors (Lipinski definition) is 1. The van der Waals surface area contributed by atoms with Crippen molar-refractivity contribution in [1.82, 2.24) is 0 Å². The Labute approximate surface area is 55.8 Å². The van der Waals surface area contributed by atoms with Crippen LogP contribution in [0, 0.1) is 0 Å². The smallest absolute Gasteiger partial charge is 0.0266 e. The van der Waals surface area contributed by atoms with E-state index in [2.05, 4.69) is 18.0 Å². The highest BCUT2D eigenvalue weighted by molar-refractivity contribution is 5.82. The Kier molecular flexibility index (Phi) is 2.25. The third kappa shape index (κ3) is 2.27. The first-order chi connectivity index (χ1) is 4.39. The van der Waals surface area contributed by atoms with E-state index in [-0.39, 0.29) is 0 Å². The summed E-state index contributed by atoms with van der Waals surface area (Å²) in [6.07, 6.45) is 10.2. The minimum Gasteiger partial charge on any atom is -0.266 e. The number of nitrogens with zero attached hydrogens (tertiary/aromatic N) is 1. The molecule has 0 bridgehead atoms. The van der Waals surface area contributed by atoms with E-state index in [1.807, 2.05) is 18.4 Å². The van der Waals surface area contributed by atoms with Crippen LogP contribution in [0.25, 0.3) is 0 Å². The first-order valence-electron chi connectivity index (χ1n) is 3.24. The van der Waals surface area contributed by atoms with Crippen molar-refractivity contribution in [2.24, 2.45) is 4.99 Å². The summed E-state index contributed by atoms with van der Waals surface area (Å²) in [6, 6.07) is 0. The van der Waals surface area contributed by atoms with E-state index in [0.29, 0.717) is 0 Å². The summed E-state index contributed by atoms with van der Waals surface area (Å²) < 4.78 is 0. The lowest BCUT2D eigenvalue weighted by Gasteiger charge is -1.95. The van der Waals surface area contributed by atoms with Gasteiger partial charge in [-0.15, -0.1) is 0 Å². The van der Waals surface area contributed by atoms with Crippen LogP contribution in [0.15, 0.2) is 29.4 Å². The average Bonchev–Trinajstić information content (AvgIpc) is 1.79. The average molecular weight is 121 g/mol. The number of rotatable bonds is 0. The van der Waals surface area contributed by atoms with Gasteiger partial charge in [-0.25, -0.2) is 0 Å². The van der Waals surface area contributed by atoms with E-state index in [4.69, 9.17) is 0 Å². The molecule has 0 aromatic heterocycles. The zero-order valence-electron chi connectivity index (χ0n) is 5.67. The molecule has 1 aliphatic heterocycles. The highest BCUT2D eigenvalue weighted by Gasteiger charge is 1.87. The molecule has 1 nitrogen and oxygen atoms in total. The summed E-state index contributed by atoms with van der Waals surface area (Å²) in [6.45, 7) is 2.06. The van der Waals surface area contributed by atoms with Crippen LogP contribution in [0.3, 0.4) is 0 Å². The summed E-state index contributed by atoms with van der Waals surface area (Å²) in [5.74, 6) is 0. The van der Waals surface area contributed by atoms with Gasteiger partial charge in [0.05, 0.1) is 0 Å². The summed E-state index contributed by atoms with van der Waals surface area (Å²) in [7, 11) is 0. The molecule has 0 N–H and O–H groups in total.